The molecule has 3 heterocycles. The molecule has 6 rings (SSSR count). The quantitative estimate of drug-likeness (QED) is 0.189. The van der Waals surface area contributed by atoms with Crippen LogP contribution in [0.1, 0.15) is 66.6 Å². The number of aliphatic hydroxyl groups excluding tert-OH is 1. The number of hydrogen-bond acceptors (Lipinski definition) is 8. The molecule has 0 spiro atoms. The zero-order valence-electron chi connectivity index (χ0n) is 22.8. The van der Waals surface area contributed by atoms with Gasteiger partial charge in [-0.05, 0) is 92.8 Å². The predicted octanol–water partition coefficient (Wildman–Crippen LogP) is 5.78. The molecule has 3 aromatic heterocycles. The molecule has 206 valence electrons. The van der Waals surface area contributed by atoms with Crippen LogP contribution in [0.3, 0.4) is 0 Å². The van der Waals surface area contributed by atoms with Crippen molar-refractivity contribution in [1.29, 1.82) is 0 Å². The Labute approximate surface area is 239 Å². The Morgan fingerprint density at radius 1 is 0.927 bits per heavy atom. The zero-order chi connectivity index (χ0) is 28.0. The standard InChI is InChI=1S/C33H32N6O2/c40-29-13-11-26(12-14-29)37-32-30(25-2-1-16-34-20-25)21-36-33(39-32)38-27-8-5-22(6-9-27)7-10-28-19-24(15-17-35-28)31(41)18-23-3-4-23/h1-2,5-6,8-9,15-17,19-21,23,26,29,40H,3-4,11-14,18H2,(H2,36,37,38,39). The molecule has 0 bridgehead atoms. The molecular weight excluding hydrogens is 512 g/mol. The van der Waals surface area contributed by atoms with Crippen LogP contribution in [-0.2, 0) is 0 Å². The van der Waals surface area contributed by atoms with Crippen molar-refractivity contribution in [2.24, 2.45) is 5.92 Å². The van der Waals surface area contributed by atoms with Crippen LogP contribution in [0.15, 0.2) is 73.3 Å². The van der Waals surface area contributed by atoms with Gasteiger partial charge in [0.25, 0.3) is 0 Å². The lowest BCUT2D eigenvalue weighted by atomic mass is 9.93. The number of anilines is 3. The van der Waals surface area contributed by atoms with Crippen molar-refractivity contribution in [2.75, 3.05) is 10.6 Å². The van der Waals surface area contributed by atoms with Gasteiger partial charge in [0.1, 0.15) is 11.5 Å². The van der Waals surface area contributed by atoms with Crippen molar-refractivity contribution >= 4 is 23.2 Å². The third-order valence-corrected chi connectivity index (χ3v) is 7.53. The average Bonchev–Trinajstić information content (AvgIpc) is 3.83. The van der Waals surface area contributed by atoms with Gasteiger partial charge < -0.3 is 15.7 Å². The van der Waals surface area contributed by atoms with Gasteiger partial charge in [-0.15, -0.1) is 0 Å². The molecule has 8 heteroatoms. The van der Waals surface area contributed by atoms with Crippen molar-refractivity contribution < 1.29 is 9.90 Å². The number of pyridine rings is 2. The summed E-state index contributed by atoms with van der Waals surface area (Å²) in [5.74, 6) is 8.15. The Morgan fingerprint density at radius 3 is 2.51 bits per heavy atom. The molecule has 0 aliphatic heterocycles. The fourth-order valence-electron chi connectivity index (χ4n) is 4.98. The van der Waals surface area contributed by atoms with Crippen LogP contribution >= 0.6 is 0 Å². The second kappa shape index (κ2) is 12.3. The highest BCUT2D eigenvalue weighted by Gasteiger charge is 2.25. The van der Waals surface area contributed by atoms with Crippen molar-refractivity contribution in [3.05, 3.63) is 90.1 Å². The minimum absolute atomic E-state index is 0.167. The monoisotopic (exact) mass is 544 g/mol. The molecule has 0 amide bonds. The summed E-state index contributed by atoms with van der Waals surface area (Å²) < 4.78 is 0. The van der Waals surface area contributed by atoms with Crippen LogP contribution in [0, 0.1) is 17.8 Å². The lowest BCUT2D eigenvalue weighted by Crippen LogP contribution is -2.28. The minimum Gasteiger partial charge on any atom is -0.393 e. The number of benzene rings is 1. The molecule has 2 aliphatic rings. The van der Waals surface area contributed by atoms with Crippen molar-refractivity contribution in [3.63, 3.8) is 0 Å². The van der Waals surface area contributed by atoms with Crippen LogP contribution in [-0.4, -0.2) is 43.0 Å². The van der Waals surface area contributed by atoms with Crippen LogP contribution in [0.2, 0.25) is 0 Å². The third-order valence-electron chi connectivity index (χ3n) is 7.53. The first kappa shape index (κ1) is 26.6. The summed E-state index contributed by atoms with van der Waals surface area (Å²) in [6, 6.07) is 15.4. The predicted molar refractivity (Wildman–Crippen MR) is 159 cm³/mol. The molecule has 4 aromatic rings. The lowest BCUT2D eigenvalue weighted by molar-refractivity contribution is 0.0976. The van der Waals surface area contributed by atoms with E-state index in [4.69, 9.17) is 4.98 Å². The molecule has 1 aromatic carbocycles. The molecule has 2 fully saturated rings. The maximum absolute atomic E-state index is 12.4. The molecule has 2 aliphatic carbocycles. The number of aliphatic hydroxyl groups is 1. The number of carbonyl (C=O) groups is 1. The number of ketones is 1. The fourth-order valence-corrected chi connectivity index (χ4v) is 4.98. The van der Waals surface area contributed by atoms with E-state index in [1.165, 1.54) is 0 Å². The molecular formula is C33H32N6O2. The van der Waals surface area contributed by atoms with Gasteiger partial charge in [-0.2, -0.15) is 4.98 Å². The van der Waals surface area contributed by atoms with Crippen LogP contribution < -0.4 is 10.6 Å². The Balaban J connectivity index is 1.15. The topological polar surface area (TPSA) is 113 Å². The fraction of sp³-hybridized carbons (Fsp3) is 0.303. The van der Waals surface area contributed by atoms with Gasteiger partial charge in [-0.25, -0.2) is 9.97 Å². The Morgan fingerprint density at radius 2 is 1.76 bits per heavy atom. The molecule has 0 radical (unpaired) electrons. The summed E-state index contributed by atoms with van der Waals surface area (Å²) in [4.78, 5) is 30.4. The van der Waals surface area contributed by atoms with E-state index in [2.05, 4.69) is 37.4 Å². The van der Waals surface area contributed by atoms with Gasteiger partial charge >= 0.3 is 0 Å². The maximum atomic E-state index is 12.4. The summed E-state index contributed by atoms with van der Waals surface area (Å²) in [6.07, 6.45) is 13.1. The van der Waals surface area contributed by atoms with Crippen molar-refractivity contribution in [2.45, 2.75) is 57.1 Å². The van der Waals surface area contributed by atoms with Gasteiger partial charge in [-0.1, -0.05) is 12.0 Å². The van der Waals surface area contributed by atoms with Gasteiger partial charge in [0.05, 0.1) is 6.10 Å². The van der Waals surface area contributed by atoms with Crippen LogP contribution in [0.5, 0.6) is 0 Å². The first-order chi connectivity index (χ1) is 20.1. The number of nitrogens with zero attached hydrogens (tertiary/aromatic N) is 4. The lowest BCUT2D eigenvalue weighted by Gasteiger charge is -2.27. The van der Waals surface area contributed by atoms with E-state index in [-0.39, 0.29) is 17.9 Å². The highest BCUT2D eigenvalue weighted by Crippen LogP contribution is 2.33. The molecule has 0 atom stereocenters. The highest BCUT2D eigenvalue weighted by atomic mass is 16.3. The first-order valence-electron chi connectivity index (χ1n) is 14.2. The summed E-state index contributed by atoms with van der Waals surface area (Å²) >= 11 is 0. The maximum Gasteiger partial charge on any atom is 0.229 e. The van der Waals surface area contributed by atoms with Crippen molar-refractivity contribution in [3.8, 4) is 23.0 Å². The van der Waals surface area contributed by atoms with E-state index in [1.54, 1.807) is 30.7 Å². The highest BCUT2D eigenvalue weighted by molar-refractivity contribution is 5.96. The number of carbonyl (C=O) groups excluding carboxylic acids is 1. The largest absolute Gasteiger partial charge is 0.393 e. The zero-order valence-corrected chi connectivity index (χ0v) is 22.8. The van der Waals surface area contributed by atoms with E-state index < -0.39 is 0 Å². The second-order valence-corrected chi connectivity index (χ2v) is 10.8. The molecule has 0 saturated heterocycles. The average molecular weight is 545 g/mol. The number of Topliss-reactive ketones (excluding diaryl/α,β-unsaturated/α-hetero) is 1. The molecule has 2 saturated carbocycles. The first-order valence-corrected chi connectivity index (χ1v) is 14.2. The summed E-state index contributed by atoms with van der Waals surface area (Å²) in [6.45, 7) is 0. The number of hydrogen-bond donors (Lipinski definition) is 3. The van der Waals surface area contributed by atoms with E-state index in [1.807, 2.05) is 42.6 Å². The number of aromatic nitrogens is 4. The molecule has 0 unspecified atom stereocenters. The molecule has 3 N–H and O–H groups in total. The van der Waals surface area contributed by atoms with E-state index in [9.17, 15) is 9.90 Å². The summed E-state index contributed by atoms with van der Waals surface area (Å²) in [5, 5.41) is 16.8. The van der Waals surface area contributed by atoms with E-state index >= 15 is 0 Å². The Bertz CT molecular complexity index is 1570. The second-order valence-electron chi connectivity index (χ2n) is 10.8. The van der Waals surface area contributed by atoms with E-state index in [0.717, 1.165) is 66.7 Å². The number of rotatable bonds is 8. The number of nitrogens with one attached hydrogen (secondary N) is 2. The normalized spacial score (nSPS) is 18.2. The Hall–Kier alpha value is -4.61. The summed E-state index contributed by atoms with van der Waals surface area (Å²) in [5.41, 5.74) is 4.76. The smallest absolute Gasteiger partial charge is 0.229 e. The minimum atomic E-state index is -0.219. The molecule has 8 nitrogen and oxygen atoms in total. The van der Waals surface area contributed by atoms with Gasteiger partial charge in [0.15, 0.2) is 5.78 Å². The summed E-state index contributed by atoms with van der Waals surface area (Å²) in [7, 11) is 0. The Kier molecular flexibility index (Phi) is 7.97. The molecule has 41 heavy (non-hydrogen) atoms. The van der Waals surface area contributed by atoms with Crippen LogP contribution in [0.25, 0.3) is 11.1 Å². The van der Waals surface area contributed by atoms with Gasteiger partial charge in [-0.3, -0.25) is 9.78 Å². The third kappa shape index (κ3) is 7.13. The SMILES string of the molecule is O=C(CC1CC1)c1ccnc(C#Cc2ccc(Nc3ncc(-c4cccnc4)c(NC4CCC(O)CC4)n3)cc2)c1. The van der Waals surface area contributed by atoms with Gasteiger partial charge in [0, 0.05) is 65.2 Å². The van der Waals surface area contributed by atoms with Gasteiger partial charge in [0.2, 0.25) is 5.95 Å². The van der Waals surface area contributed by atoms with Crippen LogP contribution in [0.4, 0.5) is 17.5 Å². The van der Waals surface area contributed by atoms with Crippen molar-refractivity contribution in [1.82, 2.24) is 19.9 Å². The van der Waals surface area contributed by atoms with E-state index in [0.29, 0.717) is 29.5 Å².